The maximum atomic E-state index is 12.6. The van der Waals surface area contributed by atoms with Crippen LogP contribution in [-0.2, 0) is 0 Å². The van der Waals surface area contributed by atoms with E-state index in [9.17, 15) is 17.6 Å². The van der Waals surface area contributed by atoms with Gasteiger partial charge in [0, 0.05) is 10.6 Å². The number of rotatable bonds is 4. The molecule has 110 valence electrons. The molecule has 0 aliphatic carbocycles. The second-order valence-electron chi connectivity index (χ2n) is 4.10. The number of nitrogen functional groups attached to an aromatic ring is 2. The molecule has 7 heteroatoms. The van der Waals surface area contributed by atoms with Crippen LogP contribution in [0.5, 0.6) is 0 Å². The molecular formula is C13H14F4N2S. The van der Waals surface area contributed by atoms with Crippen LogP contribution in [0.1, 0.15) is 6.92 Å². The third-order valence-corrected chi connectivity index (χ3v) is 3.50. The zero-order chi connectivity index (χ0) is 15.3. The van der Waals surface area contributed by atoms with Crippen LogP contribution < -0.4 is 11.5 Å². The summed E-state index contributed by atoms with van der Waals surface area (Å²) in [5, 5.41) is 0. The van der Waals surface area contributed by atoms with Crippen LogP contribution in [0.3, 0.4) is 0 Å². The summed E-state index contributed by atoms with van der Waals surface area (Å²) in [5.74, 6) is -1.69. The van der Waals surface area contributed by atoms with E-state index in [1.54, 1.807) is 25.1 Å². The molecule has 20 heavy (non-hydrogen) atoms. The second kappa shape index (κ2) is 6.69. The molecule has 0 radical (unpaired) electrons. The van der Waals surface area contributed by atoms with E-state index < -0.39 is 12.0 Å². The Hall–Kier alpha value is -1.63. The van der Waals surface area contributed by atoms with Crippen molar-refractivity contribution in [1.82, 2.24) is 0 Å². The first-order valence-electron chi connectivity index (χ1n) is 5.58. The minimum absolute atomic E-state index is 0.422. The first-order chi connectivity index (χ1) is 9.20. The highest BCUT2D eigenvalue weighted by Crippen LogP contribution is 2.28. The topological polar surface area (TPSA) is 52.0 Å². The Morgan fingerprint density at radius 2 is 1.85 bits per heavy atom. The predicted molar refractivity (Wildman–Crippen MR) is 75.0 cm³/mol. The number of anilines is 2. The summed E-state index contributed by atoms with van der Waals surface area (Å²) in [6.45, 7) is 1.62. The molecule has 1 rings (SSSR count). The van der Waals surface area contributed by atoms with Gasteiger partial charge in [-0.1, -0.05) is 11.6 Å². The molecule has 0 saturated heterocycles. The number of alkyl halides is 3. The molecule has 0 aliphatic rings. The first-order valence-corrected chi connectivity index (χ1v) is 6.56. The maximum Gasteiger partial charge on any atom is 0.442 e. The van der Waals surface area contributed by atoms with E-state index in [0.717, 1.165) is 11.0 Å². The Bertz CT molecular complexity index is 536. The number of thioether (sulfide) groups is 1. The average molecular weight is 306 g/mol. The Morgan fingerprint density at radius 3 is 2.40 bits per heavy atom. The molecule has 0 heterocycles. The fraction of sp³-hybridized carbons (Fsp3) is 0.231. The number of hydrogen-bond donors (Lipinski definition) is 2. The lowest BCUT2D eigenvalue weighted by Crippen LogP contribution is -2.07. The minimum atomic E-state index is -4.94. The molecule has 1 aromatic rings. The summed E-state index contributed by atoms with van der Waals surface area (Å²) in [4.78, 5) is 0.838. The lowest BCUT2D eigenvalue weighted by molar-refractivity contribution is -0.108. The lowest BCUT2D eigenvalue weighted by Gasteiger charge is -2.05. The van der Waals surface area contributed by atoms with E-state index in [1.165, 1.54) is 11.8 Å². The van der Waals surface area contributed by atoms with Crippen molar-refractivity contribution >= 4 is 23.1 Å². The van der Waals surface area contributed by atoms with Gasteiger partial charge < -0.3 is 11.5 Å². The molecule has 1 aromatic carbocycles. The highest BCUT2D eigenvalue weighted by Gasteiger charge is 2.33. The molecule has 0 amide bonds. The summed E-state index contributed by atoms with van der Waals surface area (Å²) in [6, 6.07) is 5.09. The molecule has 0 aliphatic heterocycles. The van der Waals surface area contributed by atoms with Crippen LogP contribution in [0.2, 0.25) is 0 Å². The molecule has 0 fully saturated rings. The third kappa shape index (κ3) is 5.16. The van der Waals surface area contributed by atoms with Gasteiger partial charge in [0.2, 0.25) is 5.83 Å². The molecule has 0 spiro atoms. The normalized spacial score (nSPS) is 13.7. The van der Waals surface area contributed by atoms with Crippen LogP contribution in [0, 0.1) is 0 Å². The van der Waals surface area contributed by atoms with Crippen molar-refractivity contribution in [1.29, 1.82) is 0 Å². The van der Waals surface area contributed by atoms with Crippen LogP contribution in [-0.4, -0.2) is 11.9 Å². The van der Waals surface area contributed by atoms with Crippen LogP contribution in [0.4, 0.5) is 28.9 Å². The number of allylic oxidation sites excluding steroid dienone is 3. The number of benzene rings is 1. The molecular weight excluding hydrogens is 292 g/mol. The zero-order valence-electron chi connectivity index (χ0n) is 10.7. The number of nitrogens with two attached hydrogens (primary N) is 2. The summed E-state index contributed by atoms with van der Waals surface area (Å²) in [7, 11) is 0. The van der Waals surface area contributed by atoms with E-state index in [1.807, 2.05) is 0 Å². The third-order valence-electron chi connectivity index (χ3n) is 2.31. The van der Waals surface area contributed by atoms with Crippen molar-refractivity contribution in [2.45, 2.75) is 18.0 Å². The summed E-state index contributed by atoms with van der Waals surface area (Å²) in [5.41, 5.74) is 12.7. The fourth-order valence-corrected chi connectivity index (χ4v) is 2.06. The molecule has 0 bridgehead atoms. The standard InChI is InChI=1S/C13H14F4N2S/c1-8(2-5-12(14)13(15,16)17)7-20-9-3-4-10(18)11(19)6-9/h2-6H,7,18-19H2,1H3. The molecule has 0 saturated carbocycles. The smallest absolute Gasteiger partial charge is 0.397 e. The Balaban J connectivity index is 2.63. The van der Waals surface area contributed by atoms with E-state index in [0.29, 0.717) is 28.8 Å². The minimum Gasteiger partial charge on any atom is -0.397 e. The second-order valence-corrected chi connectivity index (χ2v) is 5.15. The Labute approximate surface area is 118 Å². The van der Waals surface area contributed by atoms with Crippen molar-refractivity contribution in [2.24, 2.45) is 0 Å². The number of halogens is 4. The van der Waals surface area contributed by atoms with Gasteiger partial charge in [0.25, 0.3) is 0 Å². The quantitative estimate of drug-likeness (QED) is 0.377. The Morgan fingerprint density at radius 1 is 1.20 bits per heavy atom. The molecule has 0 atom stereocenters. The predicted octanol–water partition coefficient (Wildman–Crippen LogP) is 4.31. The summed E-state index contributed by atoms with van der Waals surface area (Å²) >= 11 is 1.37. The van der Waals surface area contributed by atoms with Gasteiger partial charge in [0.15, 0.2) is 0 Å². The van der Waals surface area contributed by atoms with Crippen molar-refractivity contribution < 1.29 is 17.6 Å². The van der Waals surface area contributed by atoms with Gasteiger partial charge in [-0.25, -0.2) is 4.39 Å². The van der Waals surface area contributed by atoms with Crippen molar-refractivity contribution in [2.75, 3.05) is 17.2 Å². The van der Waals surface area contributed by atoms with Crippen molar-refractivity contribution in [3.8, 4) is 0 Å². The molecule has 4 N–H and O–H groups in total. The van der Waals surface area contributed by atoms with Crippen LogP contribution in [0.15, 0.2) is 46.6 Å². The largest absolute Gasteiger partial charge is 0.442 e. The van der Waals surface area contributed by atoms with Gasteiger partial charge in [-0.05, 0) is 31.2 Å². The number of hydrogen-bond acceptors (Lipinski definition) is 3. The van der Waals surface area contributed by atoms with E-state index in [2.05, 4.69) is 0 Å². The van der Waals surface area contributed by atoms with E-state index >= 15 is 0 Å². The first kappa shape index (κ1) is 16.4. The van der Waals surface area contributed by atoms with Crippen LogP contribution in [0.25, 0.3) is 0 Å². The van der Waals surface area contributed by atoms with Crippen molar-refractivity contribution in [3.05, 3.63) is 41.8 Å². The molecule has 2 nitrogen and oxygen atoms in total. The van der Waals surface area contributed by atoms with Gasteiger partial charge in [-0.15, -0.1) is 11.8 Å². The average Bonchev–Trinajstić information content (AvgIpc) is 2.36. The van der Waals surface area contributed by atoms with E-state index in [-0.39, 0.29) is 0 Å². The summed E-state index contributed by atoms with van der Waals surface area (Å²) < 4.78 is 48.4. The van der Waals surface area contributed by atoms with Crippen LogP contribution >= 0.6 is 11.8 Å². The lowest BCUT2D eigenvalue weighted by atomic mass is 10.3. The fourth-order valence-electron chi connectivity index (χ4n) is 1.20. The summed E-state index contributed by atoms with van der Waals surface area (Å²) in [6.07, 6.45) is -3.40. The highest BCUT2D eigenvalue weighted by molar-refractivity contribution is 7.99. The SMILES string of the molecule is CC(=CC=C(F)C(F)(F)F)CSc1ccc(N)c(N)c1. The van der Waals surface area contributed by atoms with Gasteiger partial charge in [0.05, 0.1) is 11.4 Å². The van der Waals surface area contributed by atoms with Gasteiger partial charge in [-0.2, -0.15) is 13.2 Å². The van der Waals surface area contributed by atoms with Crippen molar-refractivity contribution in [3.63, 3.8) is 0 Å². The molecule has 0 aromatic heterocycles. The van der Waals surface area contributed by atoms with Gasteiger partial charge in [-0.3, -0.25) is 0 Å². The van der Waals surface area contributed by atoms with E-state index in [4.69, 9.17) is 11.5 Å². The zero-order valence-corrected chi connectivity index (χ0v) is 11.5. The molecule has 0 unspecified atom stereocenters. The Kier molecular flexibility index (Phi) is 5.50. The highest BCUT2D eigenvalue weighted by atomic mass is 32.2. The maximum absolute atomic E-state index is 12.6. The monoisotopic (exact) mass is 306 g/mol. The van der Waals surface area contributed by atoms with Gasteiger partial charge >= 0.3 is 6.18 Å². The van der Waals surface area contributed by atoms with Gasteiger partial charge in [0.1, 0.15) is 0 Å².